The Morgan fingerprint density at radius 1 is 1.00 bits per heavy atom. The van der Waals surface area contributed by atoms with Crippen LogP contribution in [0.4, 0.5) is 0 Å². The first-order valence-electron chi connectivity index (χ1n) is 5.70. The van der Waals surface area contributed by atoms with Crippen LogP contribution in [-0.4, -0.2) is 17.9 Å². The maximum absolute atomic E-state index is 11.1. The first-order valence-corrected chi connectivity index (χ1v) is 5.70. The van der Waals surface area contributed by atoms with Crippen LogP contribution in [0, 0.1) is 0 Å². The Morgan fingerprint density at radius 3 is 2.20 bits per heavy atom. The second kappa shape index (κ2) is 9.56. The molecule has 0 unspecified atom stereocenters. The standard InChI is InChI=1S/C12H20O3/c1-2-3-4-5-6-7-8-11(14)9-12(15)10-13/h10H,2-9H2,1H3. The summed E-state index contributed by atoms with van der Waals surface area (Å²) in [6.45, 7) is 2.16. The summed E-state index contributed by atoms with van der Waals surface area (Å²) in [5.41, 5.74) is 0. The van der Waals surface area contributed by atoms with Crippen molar-refractivity contribution >= 4 is 17.9 Å². The fourth-order valence-corrected chi connectivity index (χ4v) is 1.43. The monoisotopic (exact) mass is 212 g/mol. The van der Waals surface area contributed by atoms with Crippen LogP contribution >= 0.6 is 0 Å². The van der Waals surface area contributed by atoms with Gasteiger partial charge in [-0.15, -0.1) is 0 Å². The number of rotatable bonds is 10. The summed E-state index contributed by atoms with van der Waals surface area (Å²) >= 11 is 0. The first kappa shape index (κ1) is 14.0. The van der Waals surface area contributed by atoms with Crippen LogP contribution < -0.4 is 0 Å². The van der Waals surface area contributed by atoms with Crippen molar-refractivity contribution < 1.29 is 14.4 Å². The van der Waals surface area contributed by atoms with Gasteiger partial charge in [0.15, 0.2) is 6.29 Å². The second-order valence-electron chi connectivity index (χ2n) is 3.82. The van der Waals surface area contributed by atoms with Crippen molar-refractivity contribution in [2.45, 2.75) is 58.3 Å². The molecule has 0 aliphatic carbocycles. The number of Topliss-reactive ketones (excluding diaryl/α,β-unsaturated/α-hetero) is 2. The molecular weight excluding hydrogens is 192 g/mol. The third-order valence-electron chi connectivity index (χ3n) is 2.31. The van der Waals surface area contributed by atoms with Gasteiger partial charge in [-0.05, 0) is 6.42 Å². The van der Waals surface area contributed by atoms with E-state index in [2.05, 4.69) is 6.92 Å². The molecule has 0 aliphatic rings. The van der Waals surface area contributed by atoms with Crippen LogP contribution in [0.1, 0.15) is 58.3 Å². The third kappa shape index (κ3) is 9.32. The summed E-state index contributed by atoms with van der Waals surface area (Å²) in [6, 6.07) is 0. The lowest BCUT2D eigenvalue weighted by atomic mass is 10.1. The van der Waals surface area contributed by atoms with E-state index in [1.165, 1.54) is 19.3 Å². The number of hydrogen-bond acceptors (Lipinski definition) is 3. The number of aldehydes is 1. The molecule has 0 fully saturated rings. The largest absolute Gasteiger partial charge is 0.299 e. The Bertz CT molecular complexity index is 209. The normalized spacial score (nSPS) is 9.93. The molecule has 0 N–H and O–H groups in total. The maximum atomic E-state index is 11.1. The molecule has 0 spiro atoms. The molecule has 0 atom stereocenters. The van der Waals surface area contributed by atoms with E-state index in [0.717, 1.165) is 19.3 Å². The molecule has 0 aromatic heterocycles. The van der Waals surface area contributed by atoms with Crippen molar-refractivity contribution in [1.29, 1.82) is 0 Å². The Balaban J connectivity index is 3.31. The van der Waals surface area contributed by atoms with E-state index >= 15 is 0 Å². The minimum atomic E-state index is -0.606. The lowest BCUT2D eigenvalue weighted by Gasteiger charge is -1.99. The smallest absolute Gasteiger partial charge is 0.202 e. The molecule has 0 heterocycles. The number of unbranched alkanes of at least 4 members (excludes halogenated alkanes) is 5. The van der Waals surface area contributed by atoms with Crippen LogP contribution in [0.5, 0.6) is 0 Å². The van der Waals surface area contributed by atoms with E-state index in [0.29, 0.717) is 6.42 Å². The molecule has 0 rings (SSSR count). The zero-order chi connectivity index (χ0) is 11.5. The third-order valence-corrected chi connectivity index (χ3v) is 2.31. The summed E-state index contributed by atoms with van der Waals surface area (Å²) in [5.74, 6) is -0.714. The van der Waals surface area contributed by atoms with Gasteiger partial charge in [0.2, 0.25) is 5.78 Å². The minimum absolute atomic E-state index is 0.109. The molecule has 0 aromatic carbocycles. The molecule has 0 saturated heterocycles. The van der Waals surface area contributed by atoms with Crippen LogP contribution in [0.3, 0.4) is 0 Å². The van der Waals surface area contributed by atoms with Gasteiger partial charge >= 0.3 is 0 Å². The van der Waals surface area contributed by atoms with E-state index in [4.69, 9.17) is 0 Å². The maximum Gasteiger partial charge on any atom is 0.202 e. The van der Waals surface area contributed by atoms with Gasteiger partial charge in [-0.25, -0.2) is 0 Å². The Labute approximate surface area is 91.2 Å². The van der Waals surface area contributed by atoms with Gasteiger partial charge in [0.1, 0.15) is 5.78 Å². The highest BCUT2D eigenvalue weighted by Crippen LogP contribution is 2.07. The van der Waals surface area contributed by atoms with E-state index in [1.807, 2.05) is 0 Å². The number of ketones is 2. The molecule has 0 aliphatic heterocycles. The molecule has 0 radical (unpaired) electrons. The van der Waals surface area contributed by atoms with Crippen molar-refractivity contribution in [3.05, 3.63) is 0 Å². The molecule has 15 heavy (non-hydrogen) atoms. The summed E-state index contributed by atoms with van der Waals surface area (Å²) in [4.78, 5) is 31.7. The Kier molecular flexibility index (Phi) is 8.93. The molecule has 0 bridgehead atoms. The summed E-state index contributed by atoms with van der Waals surface area (Å²) in [7, 11) is 0. The van der Waals surface area contributed by atoms with Crippen LogP contribution in [0.2, 0.25) is 0 Å². The number of hydrogen-bond donors (Lipinski definition) is 0. The Morgan fingerprint density at radius 2 is 1.60 bits per heavy atom. The van der Waals surface area contributed by atoms with Crippen molar-refractivity contribution in [2.75, 3.05) is 0 Å². The van der Waals surface area contributed by atoms with Crippen LogP contribution in [0.15, 0.2) is 0 Å². The highest BCUT2D eigenvalue weighted by Gasteiger charge is 2.07. The zero-order valence-electron chi connectivity index (χ0n) is 9.46. The van der Waals surface area contributed by atoms with Crippen molar-refractivity contribution in [1.82, 2.24) is 0 Å². The summed E-state index contributed by atoms with van der Waals surface area (Å²) < 4.78 is 0. The predicted molar refractivity (Wildman–Crippen MR) is 58.7 cm³/mol. The molecular formula is C12H20O3. The molecule has 0 amide bonds. The van der Waals surface area contributed by atoms with Crippen LogP contribution in [-0.2, 0) is 14.4 Å². The van der Waals surface area contributed by atoms with Gasteiger partial charge in [0.05, 0.1) is 6.42 Å². The molecule has 86 valence electrons. The van der Waals surface area contributed by atoms with Gasteiger partial charge in [-0.1, -0.05) is 39.0 Å². The van der Waals surface area contributed by atoms with E-state index < -0.39 is 5.78 Å². The van der Waals surface area contributed by atoms with Gasteiger partial charge in [-0.3, -0.25) is 14.4 Å². The molecule has 0 aromatic rings. The van der Waals surface area contributed by atoms with Crippen molar-refractivity contribution in [2.24, 2.45) is 0 Å². The van der Waals surface area contributed by atoms with Crippen molar-refractivity contribution in [3.63, 3.8) is 0 Å². The predicted octanol–water partition coefficient (Wildman–Crippen LogP) is 2.46. The summed E-state index contributed by atoms with van der Waals surface area (Å²) in [6.07, 6.45) is 7.17. The topological polar surface area (TPSA) is 51.2 Å². The quantitative estimate of drug-likeness (QED) is 0.242. The zero-order valence-corrected chi connectivity index (χ0v) is 9.46. The highest BCUT2D eigenvalue weighted by atomic mass is 16.2. The first-order chi connectivity index (χ1) is 7.20. The number of carbonyl (C=O) groups excluding carboxylic acids is 3. The summed E-state index contributed by atoms with van der Waals surface area (Å²) in [5, 5.41) is 0. The Hall–Kier alpha value is -0.990. The van der Waals surface area contributed by atoms with Crippen molar-refractivity contribution in [3.8, 4) is 0 Å². The van der Waals surface area contributed by atoms with E-state index in [-0.39, 0.29) is 18.5 Å². The van der Waals surface area contributed by atoms with Gasteiger partial charge in [0, 0.05) is 6.42 Å². The van der Waals surface area contributed by atoms with E-state index in [1.54, 1.807) is 0 Å². The average molecular weight is 212 g/mol. The fraction of sp³-hybridized carbons (Fsp3) is 0.750. The molecule has 0 saturated carbocycles. The molecule has 3 nitrogen and oxygen atoms in total. The lowest BCUT2D eigenvalue weighted by Crippen LogP contribution is -2.08. The number of carbonyl (C=O) groups is 3. The minimum Gasteiger partial charge on any atom is -0.299 e. The SMILES string of the molecule is CCCCCCCCC(=O)CC(=O)C=O. The lowest BCUT2D eigenvalue weighted by molar-refractivity contribution is -0.133. The van der Waals surface area contributed by atoms with Gasteiger partial charge in [-0.2, -0.15) is 0 Å². The fourth-order valence-electron chi connectivity index (χ4n) is 1.43. The van der Waals surface area contributed by atoms with Crippen LogP contribution in [0.25, 0.3) is 0 Å². The van der Waals surface area contributed by atoms with Gasteiger partial charge < -0.3 is 0 Å². The van der Waals surface area contributed by atoms with Gasteiger partial charge in [0.25, 0.3) is 0 Å². The second-order valence-corrected chi connectivity index (χ2v) is 3.82. The highest BCUT2D eigenvalue weighted by molar-refractivity contribution is 6.29. The average Bonchev–Trinajstić information content (AvgIpc) is 2.23. The molecule has 3 heteroatoms. The van der Waals surface area contributed by atoms with E-state index in [9.17, 15) is 14.4 Å².